The summed E-state index contributed by atoms with van der Waals surface area (Å²) in [7, 11) is -4.82. The van der Waals surface area contributed by atoms with Gasteiger partial charge in [0.05, 0.1) is 17.2 Å². The average molecular weight is 717 g/mol. The molecule has 2 heterocycles. The fraction of sp³-hybridized carbons (Fsp3) is 0.667. The predicted octanol–water partition coefficient (Wildman–Crippen LogP) is -0.121. The average Bonchev–Trinajstić information content (AvgIpc) is 3.36. The van der Waals surface area contributed by atoms with Gasteiger partial charge >= 0.3 is 10.4 Å². The van der Waals surface area contributed by atoms with Gasteiger partial charge in [-0.2, -0.15) is 8.42 Å². The fourth-order valence-corrected chi connectivity index (χ4v) is 7.62. The fourth-order valence-electron chi connectivity index (χ4n) is 6.96. The number of fused-ring (bicyclic) bond motifs is 1. The molecule has 8 atom stereocenters. The van der Waals surface area contributed by atoms with Crippen LogP contribution in [0.3, 0.4) is 0 Å². The highest BCUT2D eigenvalue weighted by Gasteiger charge is 2.51. The molecular weight excluding hydrogens is 672 g/mol. The number of nitrogens with one attached hydrogen (secondary N) is 3. The number of aliphatic hydroxyl groups is 3. The smallest absolute Gasteiger partial charge is 0.393 e. The Morgan fingerprint density at radius 3 is 2.50 bits per heavy atom. The highest BCUT2D eigenvalue weighted by atomic mass is 35.5. The molecule has 1 aromatic carbocycles. The summed E-state index contributed by atoms with van der Waals surface area (Å²) in [6.45, 7) is 4.07. The number of halogens is 1. The van der Waals surface area contributed by atoms with Crippen LogP contribution < -0.4 is 20.6 Å². The minimum Gasteiger partial charge on any atom is -0.393 e. The summed E-state index contributed by atoms with van der Waals surface area (Å²) < 4.78 is 35.3. The molecule has 268 valence electrons. The highest BCUT2D eigenvalue weighted by molar-refractivity contribution is 7.81. The lowest BCUT2D eigenvalue weighted by atomic mass is 9.83. The number of hydrogen-bond acceptors (Lipinski definition) is 10. The van der Waals surface area contributed by atoms with Gasteiger partial charge in [0.1, 0.15) is 24.4 Å². The first-order chi connectivity index (χ1) is 22.4. The van der Waals surface area contributed by atoms with Crippen LogP contribution in [-0.2, 0) is 31.2 Å². The number of rotatable bonds is 11. The first kappa shape index (κ1) is 37.6. The topological polar surface area (TPSA) is 256 Å². The molecule has 0 aromatic heterocycles. The lowest BCUT2D eigenvalue weighted by Crippen LogP contribution is -2.62. The number of aliphatic hydroxyl groups excluding tert-OH is 3. The Kier molecular flexibility index (Phi) is 12.2. The summed E-state index contributed by atoms with van der Waals surface area (Å²) in [5.41, 5.74) is 5.94. The maximum Gasteiger partial charge on any atom is 0.446 e. The van der Waals surface area contributed by atoms with Crippen LogP contribution >= 0.6 is 11.6 Å². The molecule has 3 amide bonds. The maximum atomic E-state index is 14.3. The molecule has 2 saturated heterocycles. The van der Waals surface area contributed by atoms with Crippen LogP contribution in [0.15, 0.2) is 18.2 Å². The summed E-state index contributed by atoms with van der Waals surface area (Å²) in [4.78, 5) is 44.1. The van der Waals surface area contributed by atoms with E-state index in [-0.39, 0.29) is 47.8 Å². The summed E-state index contributed by atoms with van der Waals surface area (Å²) in [5.74, 6) is -2.71. The minimum absolute atomic E-state index is 0.0726. The molecule has 2 aliphatic heterocycles. The summed E-state index contributed by atoms with van der Waals surface area (Å²) in [6, 6.07) is 0.491. The lowest BCUT2D eigenvalue weighted by molar-refractivity contribution is -0.146. The van der Waals surface area contributed by atoms with Crippen molar-refractivity contribution < 1.29 is 46.9 Å². The van der Waals surface area contributed by atoms with Crippen molar-refractivity contribution in [2.45, 2.75) is 108 Å². The second kappa shape index (κ2) is 15.6. The van der Waals surface area contributed by atoms with Gasteiger partial charge in [0, 0.05) is 19.0 Å². The van der Waals surface area contributed by atoms with E-state index in [2.05, 4.69) is 14.8 Å². The van der Waals surface area contributed by atoms with Crippen molar-refractivity contribution in [3.63, 3.8) is 0 Å². The van der Waals surface area contributed by atoms with Crippen molar-refractivity contribution >= 4 is 45.7 Å². The van der Waals surface area contributed by atoms with Crippen molar-refractivity contribution in [2.75, 3.05) is 6.54 Å². The van der Waals surface area contributed by atoms with Gasteiger partial charge in [-0.25, -0.2) is 0 Å². The van der Waals surface area contributed by atoms with E-state index in [1.807, 2.05) is 13.8 Å². The Morgan fingerprint density at radius 1 is 1.17 bits per heavy atom. The second-order valence-electron chi connectivity index (χ2n) is 13.2. The van der Waals surface area contributed by atoms with Crippen LogP contribution in [0, 0.1) is 17.2 Å². The van der Waals surface area contributed by atoms with Gasteiger partial charge in [0.2, 0.25) is 17.7 Å². The van der Waals surface area contributed by atoms with Gasteiger partial charge in [0.25, 0.3) is 0 Å². The van der Waals surface area contributed by atoms with E-state index >= 15 is 0 Å². The van der Waals surface area contributed by atoms with Gasteiger partial charge in [-0.15, -0.1) is 0 Å². The summed E-state index contributed by atoms with van der Waals surface area (Å²) in [5, 5.41) is 45.1. The van der Waals surface area contributed by atoms with Crippen LogP contribution in [0.25, 0.3) is 0 Å². The first-order valence-electron chi connectivity index (χ1n) is 16.0. The number of hydrogen-bond donors (Lipinski definition) is 8. The molecule has 0 spiro atoms. The first-order valence-corrected chi connectivity index (χ1v) is 17.7. The molecule has 16 nitrogen and oxygen atoms in total. The second-order valence-corrected chi connectivity index (χ2v) is 14.7. The molecule has 9 N–H and O–H groups in total. The molecule has 4 rings (SSSR count). The monoisotopic (exact) mass is 716 g/mol. The van der Waals surface area contributed by atoms with Gasteiger partial charge < -0.3 is 45.7 Å². The predicted molar refractivity (Wildman–Crippen MR) is 173 cm³/mol. The number of carbonyl (C=O) groups excluding carboxylic acids is 3. The van der Waals surface area contributed by atoms with E-state index in [4.69, 9.17) is 27.3 Å². The summed E-state index contributed by atoms with van der Waals surface area (Å²) in [6.07, 6.45) is -0.879. The minimum atomic E-state index is -4.82. The molecule has 1 aliphatic carbocycles. The third-order valence-electron chi connectivity index (χ3n) is 9.18. The third-order valence-corrected chi connectivity index (χ3v) is 9.87. The number of piperidine rings is 1. The van der Waals surface area contributed by atoms with E-state index < -0.39 is 70.7 Å². The van der Waals surface area contributed by atoms with Crippen LogP contribution in [0.4, 0.5) is 0 Å². The highest BCUT2D eigenvalue weighted by Crippen LogP contribution is 2.41. The Hall–Kier alpha value is -3.22. The van der Waals surface area contributed by atoms with Crippen molar-refractivity contribution in [1.82, 2.24) is 20.4 Å². The van der Waals surface area contributed by atoms with Gasteiger partial charge in [-0.3, -0.25) is 24.3 Å². The number of nitrogens with two attached hydrogens (primary N) is 1. The van der Waals surface area contributed by atoms with Gasteiger partial charge in [0.15, 0.2) is 11.7 Å². The quantitative estimate of drug-likeness (QED) is 0.0847. The lowest BCUT2D eigenvalue weighted by Gasteiger charge is -2.40. The molecule has 18 heteroatoms. The zero-order chi connectivity index (χ0) is 35.5. The number of carbonyl (C=O) groups is 3. The Labute approximate surface area is 284 Å². The van der Waals surface area contributed by atoms with E-state index in [1.165, 1.54) is 21.9 Å². The van der Waals surface area contributed by atoms with Crippen LogP contribution in [0.5, 0.6) is 5.75 Å². The van der Waals surface area contributed by atoms with Crippen LogP contribution in [0.1, 0.15) is 64.4 Å². The standard InChI is InChI=1S/C30H45ClN6O10S/c1-15(2)10-21(35-27(41)24(39)12-16-5-8-25(19(31)11-16)47-48(44,45)46)29(43)37-22-14-18(38)7-6-17(22)13-23(37)26(40)34-20-4-3-9-36(28(20)42)30(32)33/h5,8,11,15,17-18,20-24,28,38-39,42H,3-4,6-7,9-10,12-14H2,1-2H3,(H3,32,33)(H,34,40)(H,35,41)(H,44,45,46)/t17-,18+,20-,21+,22-,23-,24+,28-/m0/s1. The number of nitrogens with zero attached hydrogens (tertiary/aromatic N) is 2. The van der Waals surface area contributed by atoms with E-state index in [0.29, 0.717) is 44.2 Å². The van der Waals surface area contributed by atoms with Crippen LogP contribution in [0.2, 0.25) is 5.02 Å². The molecular formula is C30H45ClN6O10S. The molecule has 3 aliphatic rings. The third kappa shape index (κ3) is 9.26. The molecule has 1 saturated carbocycles. The summed E-state index contributed by atoms with van der Waals surface area (Å²) >= 11 is 6.04. The molecule has 48 heavy (non-hydrogen) atoms. The van der Waals surface area contributed by atoms with Gasteiger partial charge in [-0.1, -0.05) is 31.5 Å². The Bertz CT molecular complexity index is 1480. The SMILES string of the molecule is CC(C)C[C@@H](NC(=O)[C@H](O)Cc1ccc(OS(=O)(=O)O)c(Cl)c1)C(=O)N1[C@H](C(=O)N[C@H]2CCCN(C(=N)N)[C@H]2O)C[C@@H]2CC[C@@H](O)C[C@@H]21. The van der Waals surface area contributed by atoms with Crippen molar-refractivity contribution in [1.29, 1.82) is 5.41 Å². The van der Waals surface area contributed by atoms with E-state index in [1.54, 1.807) is 0 Å². The number of benzene rings is 1. The van der Waals surface area contributed by atoms with Crippen LogP contribution in [-0.4, -0.2) is 111 Å². The Balaban J connectivity index is 1.52. The van der Waals surface area contributed by atoms with Gasteiger partial charge in [-0.05, 0) is 74.5 Å². The molecule has 0 radical (unpaired) electrons. The van der Waals surface area contributed by atoms with Crippen molar-refractivity contribution in [3.05, 3.63) is 28.8 Å². The molecule has 0 unspecified atom stereocenters. The molecule has 3 fully saturated rings. The van der Waals surface area contributed by atoms with E-state index in [0.717, 1.165) is 6.07 Å². The molecule has 1 aromatic rings. The number of amides is 3. The van der Waals surface area contributed by atoms with Crippen molar-refractivity contribution in [2.24, 2.45) is 17.6 Å². The zero-order valence-electron chi connectivity index (χ0n) is 26.8. The van der Waals surface area contributed by atoms with Crippen molar-refractivity contribution in [3.8, 4) is 5.75 Å². The largest absolute Gasteiger partial charge is 0.446 e. The Morgan fingerprint density at radius 2 is 1.88 bits per heavy atom. The van der Waals surface area contributed by atoms with E-state index in [9.17, 15) is 38.1 Å². The number of likely N-dealkylation sites (tertiary alicyclic amines) is 2. The maximum absolute atomic E-state index is 14.3. The molecule has 0 bridgehead atoms. The normalized spacial score (nSPS) is 27.2. The number of guanidine groups is 1. The zero-order valence-corrected chi connectivity index (χ0v) is 28.4.